The molecule has 2 N–H and O–H groups in total. The first-order valence-electron chi connectivity index (χ1n) is 8.85. The molecule has 0 bridgehead atoms. The minimum Gasteiger partial charge on any atom is -0.508 e. The van der Waals surface area contributed by atoms with Crippen LogP contribution in [0.1, 0.15) is 33.8 Å². The lowest BCUT2D eigenvalue weighted by molar-refractivity contribution is -0.120. The molecular formula is C21H17N3O2S. The fourth-order valence-electron chi connectivity index (χ4n) is 3.76. The quantitative estimate of drug-likeness (QED) is 0.678. The summed E-state index contributed by atoms with van der Waals surface area (Å²) in [7, 11) is 0. The van der Waals surface area contributed by atoms with Gasteiger partial charge in [-0.3, -0.25) is 4.79 Å². The molecule has 134 valence electrons. The Balaban J connectivity index is 1.42. The van der Waals surface area contributed by atoms with E-state index in [4.69, 9.17) is 4.98 Å². The van der Waals surface area contributed by atoms with Crippen molar-refractivity contribution < 1.29 is 9.90 Å². The number of hydrogen-bond donors (Lipinski definition) is 2. The number of carbonyl (C=O) groups is 1. The minimum atomic E-state index is -0.185. The highest BCUT2D eigenvalue weighted by molar-refractivity contribution is 8.00. The van der Waals surface area contributed by atoms with Gasteiger partial charge in [-0.2, -0.15) is 0 Å². The van der Waals surface area contributed by atoms with Crippen LogP contribution in [-0.4, -0.2) is 20.9 Å². The lowest BCUT2D eigenvalue weighted by atomic mass is 9.81. The van der Waals surface area contributed by atoms with Crippen LogP contribution in [0.2, 0.25) is 0 Å². The molecule has 0 spiro atoms. The van der Waals surface area contributed by atoms with E-state index in [1.54, 1.807) is 36.0 Å². The zero-order valence-electron chi connectivity index (χ0n) is 14.4. The van der Waals surface area contributed by atoms with E-state index < -0.39 is 0 Å². The Hall–Kier alpha value is -2.86. The van der Waals surface area contributed by atoms with Gasteiger partial charge in [0, 0.05) is 23.2 Å². The van der Waals surface area contributed by atoms with Crippen molar-refractivity contribution in [3.63, 3.8) is 0 Å². The summed E-state index contributed by atoms with van der Waals surface area (Å²) in [5.41, 5.74) is 4.12. The summed E-state index contributed by atoms with van der Waals surface area (Å²) in [6.07, 6.45) is 2.32. The van der Waals surface area contributed by atoms with E-state index in [1.165, 1.54) is 5.56 Å². The standard InChI is InChI=1S/C21H17N3O2S/c25-14-7-5-13(6-8-14)22-11-18-23-10-17-20(24-18)19-16(26)9-12-3-1-2-4-15(12)21(19)27-17/h1-8,10,19,21-22,25H,9,11H2. The Kier molecular flexibility index (Phi) is 3.86. The predicted molar refractivity (Wildman–Crippen MR) is 104 cm³/mol. The Morgan fingerprint density at radius 1 is 1.15 bits per heavy atom. The Morgan fingerprint density at radius 3 is 2.81 bits per heavy atom. The van der Waals surface area contributed by atoms with Crippen LogP contribution >= 0.6 is 11.8 Å². The lowest BCUT2D eigenvalue weighted by Crippen LogP contribution is -2.25. The van der Waals surface area contributed by atoms with Crippen molar-refractivity contribution in [3.8, 4) is 5.75 Å². The normalized spacial score (nSPS) is 19.9. The number of phenolic OH excluding ortho intramolecular Hbond substituents is 1. The molecule has 1 aliphatic carbocycles. The van der Waals surface area contributed by atoms with Crippen LogP contribution in [0.5, 0.6) is 5.75 Å². The number of carbonyl (C=O) groups excluding carboxylic acids is 1. The Morgan fingerprint density at radius 2 is 1.96 bits per heavy atom. The molecule has 0 amide bonds. The first-order chi connectivity index (χ1) is 13.2. The molecule has 0 radical (unpaired) electrons. The largest absolute Gasteiger partial charge is 0.508 e. The average Bonchev–Trinajstić information content (AvgIpc) is 3.07. The van der Waals surface area contributed by atoms with E-state index in [1.807, 2.05) is 24.4 Å². The maximum Gasteiger partial charge on any atom is 0.147 e. The fourth-order valence-corrected chi connectivity index (χ4v) is 5.22. The van der Waals surface area contributed by atoms with Crippen molar-refractivity contribution in [2.45, 2.75) is 29.0 Å². The highest BCUT2D eigenvalue weighted by Crippen LogP contribution is 2.56. The summed E-state index contributed by atoms with van der Waals surface area (Å²) in [6.45, 7) is 0.463. The van der Waals surface area contributed by atoms with Crippen LogP contribution < -0.4 is 5.32 Å². The zero-order chi connectivity index (χ0) is 18.4. The maximum absolute atomic E-state index is 12.8. The molecule has 0 fully saturated rings. The van der Waals surface area contributed by atoms with Crippen LogP contribution in [0.25, 0.3) is 0 Å². The van der Waals surface area contributed by atoms with Crippen molar-refractivity contribution in [2.24, 2.45) is 0 Å². The van der Waals surface area contributed by atoms with Crippen LogP contribution in [0.3, 0.4) is 0 Å². The number of fused-ring (bicyclic) bond motifs is 5. The highest BCUT2D eigenvalue weighted by atomic mass is 32.2. The third-order valence-electron chi connectivity index (χ3n) is 5.08. The number of benzene rings is 2. The van der Waals surface area contributed by atoms with Gasteiger partial charge in [0.2, 0.25) is 0 Å². The molecule has 0 saturated carbocycles. The Bertz CT molecular complexity index is 1040. The van der Waals surface area contributed by atoms with Gasteiger partial charge < -0.3 is 10.4 Å². The van der Waals surface area contributed by atoms with Gasteiger partial charge >= 0.3 is 0 Å². The summed E-state index contributed by atoms with van der Waals surface area (Å²) in [4.78, 5) is 23.0. The number of anilines is 1. The number of aromatic hydroxyl groups is 1. The van der Waals surface area contributed by atoms with Gasteiger partial charge in [0.15, 0.2) is 0 Å². The smallest absolute Gasteiger partial charge is 0.147 e. The van der Waals surface area contributed by atoms with Gasteiger partial charge in [-0.15, -0.1) is 11.8 Å². The third kappa shape index (κ3) is 2.86. The van der Waals surface area contributed by atoms with Crippen molar-refractivity contribution in [3.05, 3.63) is 77.4 Å². The first-order valence-corrected chi connectivity index (χ1v) is 9.73. The van der Waals surface area contributed by atoms with Crippen molar-refractivity contribution in [2.75, 3.05) is 5.32 Å². The average molecular weight is 375 g/mol. The van der Waals surface area contributed by atoms with E-state index in [2.05, 4.69) is 16.4 Å². The van der Waals surface area contributed by atoms with Gasteiger partial charge in [0.05, 0.1) is 23.4 Å². The zero-order valence-corrected chi connectivity index (χ0v) is 15.2. The summed E-state index contributed by atoms with van der Waals surface area (Å²) in [5, 5.41) is 12.7. The Labute approximate surface area is 160 Å². The number of nitrogens with one attached hydrogen (secondary N) is 1. The number of rotatable bonds is 3. The van der Waals surface area contributed by atoms with Crippen molar-refractivity contribution >= 4 is 23.2 Å². The maximum atomic E-state index is 12.8. The number of Topliss-reactive ketones (excluding diaryl/α,β-unsaturated/α-hetero) is 1. The number of thioether (sulfide) groups is 1. The van der Waals surface area contributed by atoms with Gasteiger partial charge in [-0.1, -0.05) is 24.3 Å². The van der Waals surface area contributed by atoms with E-state index in [-0.39, 0.29) is 22.7 Å². The number of phenols is 1. The second-order valence-corrected chi connectivity index (χ2v) is 7.98. The molecule has 2 aliphatic rings. The second kappa shape index (κ2) is 6.39. The van der Waals surface area contributed by atoms with Crippen LogP contribution in [-0.2, 0) is 17.8 Å². The number of ketones is 1. The molecule has 27 heavy (non-hydrogen) atoms. The van der Waals surface area contributed by atoms with E-state index >= 15 is 0 Å². The molecule has 3 aromatic rings. The number of aromatic nitrogens is 2. The molecule has 5 rings (SSSR count). The SMILES string of the molecule is O=C1Cc2ccccc2C2Sc3cnc(CNc4ccc(O)cc4)nc3C12. The monoisotopic (exact) mass is 375 g/mol. The minimum absolute atomic E-state index is 0.104. The van der Waals surface area contributed by atoms with Crippen LogP contribution in [0.4, 0.5) is 5.69 Å². The van der Waals surface area contributed by atoms with Gasteiger partial charge in [0.1, 0.15) is 17.4 Å². The second-order valence-electron chi connectivity index (χ2n) is 6.79. The molecule has 2 heterocycles. The summed E-state index contributed by atoms with van der Waals surface area (Å²) in [5.74, 6) is 0.944. The van der Waals surface area contributed by atoms with Crippen LogP contribution in [0, 0.1) is 0 Å². The predicted octanol–water partition coefficient (Wildman–Crippen LogP) is 3.85. The van der Waals surface area contributed by atoms with Crippen molar-refractivity contribution in [1.82, 2.24) is 9.97 Å². The summed E-state index contributed by atoms with van der Waals surface area (Å²) < 4.78 is 0. The lowest BCUT2D eigenvalue weighted by Gasteiger charge is -2.26. The molecule has 6 heteroatoms. The van der Waals surface area contributed by atoms with E-state index in [9.17, 15) is 9.90 Å². The first kappa shape index (κ1) is 16.3. The molecule has 2 unspecified atom stereocenters. The molecule has 1 aliphatic heterocycles. The molecular weight excluding hydrogens is 358 g/mol. The van der Waals surface area contributed by atoms with Gasteiger partial charge in [-0.05, 0) is 35.4 Å². The van der Waals surface area contributed by atoms with E-state index in [0.717, 1.165) is 21.8 Å². The molecule has 2 aromatic carbocycles. The number of nitrogens with zero attached hydrogens (tertiary/aromatic N) is 2. The summed E-state index contributed by atoms with van der Waals surface area (Å²) >= 11 is 1.70. The molecule has 1 aromatic heterocycles. The molecule has 5 nitrogen and oxygen atoms in total. The third-order valence-corrected chi connectivity index (χ3v) is 6.42. The summed E-state index contributed by atoms with van der Waals surface area (Å²) in [6, 6.07) is 15.1. The van der Waals surface area contributed by atoms with Gasteiger partial charge in [0.25, 0.3) is 0 Å². The fraction of sp³-hybridized carbons (Fsp3) is 0.190. The van der Waals surface area contributed by atoms with Crippen LogP contribution in [0.15, 0.2) is 59.6 Å². The van der Waals surface area contributed by atoms with Crippen molar-refractivity contribution in [1.29, 1.82) is 0 Å². The number of hydrogen-bond acceptors (Lipinski definition) is 6. The molecule has 0 saturated heterocycles. The van der Waals surface area contributed by atoms with Gasteiger partial charge in [-0.25, -0.2) is 9.97 Å². The molecule has 2 atom stereocenters. The van der Waals surface area contributed by atoms with E-state index in [0.29, 0.717) is 18.8 Å². The highest BCUT2D eigenvalue weighted by Gasteiger charge is 2.44. The topological polar surface area (TPSA) is 75.1 Å².